The van der Waals surface area contributed by atoms with Gasteiger partial charge in [0.05, 0.1) is 6.54 Å². The Labute approximate surface area is 126 Å². The van der Waals surface area contributed by atoms with E-state index in [9.17, 15) is 4.79 Å². The Hall–Kier alpha value is -1.29. The Morgan fingerprint density at radius 1 is 1.24 bits per heavy atom. The molecular formula is C17H25NO3. The summed E-state index contributed by atoms with van der Waals surface area (Å²) in [5.74, 6) is -0.103. The topological polar surface area (TPSA) is 53.7 Å². The number of nitrogens with zero attached hydrogens (tertiary/aromatic N) is 1. The van der Waals surface area contributed by atoms with Crippen molar-refractivity contribution in [3.8, 4) is 0 Å². The third-order valence-corrected chi connectivity index (χ3v) is 5.37. The maximum absolute atomic E-state index is 11.0. The lowest BCUT2D eigenvalue weighted by molar-refractivity contribution is 0.0587. The van der Waals surface area contributed by atoms with E-state index in [1.54, 1.807) is 6.92 Å². The molecule has 0 radical (unpaired) electrons. The van der Waals surface area contributed by atoms with Crippen molar-refractivity contribution in [1.29, 1.82) is 0 Å². The Morgan fingerprint density at radius 3 is 2.48 bits per heavy atom. The van der Waals surface area contributed by atoms with Gasteiger partial charge >= 0.3 is 5.97 Å². The fourth-order valence-corrected chi connectivity index (χ4v) is 4.05. The number of piperidine rings is 1. The number of carboxylic acids is 1. The maximum atomic E-state index is 11.0. The van der Waals surface area contributed by atoms with Gasteiger partial charge in [0.25, 0.3) is 0 Å². The van der Waals surface area contributed by atoms with Gasteiger partial charge in [0, 0.05) is 5.56 Å². The van der Waals surface area contributed by atoms with E-state index in [2.05, 4.69) is 4.90 Å². The van der Waals surface area contributed by atoms with Crippen molar-refractivity contribution in [3.63, 3.8) is 0 Å². The number of hydrogen-bond donors (Lipinski definition) is 1. The van der Waals surface area contributed by atoms with Gasteiger partial charge in [0.15, 0.2) is 0 Å². The summed E-state index contributed by atoms with van der Waals surface area (Å²) in [5.41, 5.74) is 1.33. The molecule has 0 unspecified atom stereocenters. The molecule has 1 N–H and O–H groups in total. The highest BCUT2D eigenvalue weighted by atomic mass is 16.4. The molecule has 2 aliphatic rings. The van der Waals surface area contributed by atoms with Crippen LogP contribution in [0, 0.1) is 12.3 Å². The van der Waals surface area contributed by atoms with E-state index in [-0.39, 0.29) is 5.76 Å². The SMILES string of the molecule is Cc1cc(CN2CCC3(CCCCC3)CC2)oc1C(=O)O. The molecule has 1 aromatic rings. The summed E-state index contributed by atoms with van der Waals surface area (Å²) >= 11 is 0. The molecule has 0 amide bonds. The summed E-state index contributed by atoms with van der Waals surface area (Å²) < 4.78 is 5.47. The van der Waals surface area contributed by atoms with Gasteiger partial charge in [-0.15, -0.1) is 0 Å². The normalized spacial score (nSPS) is 22.5. The smallest absolute Gasteiger partial charge is 0.372 e. The largest absolute Gasteiger partial charge is 0.475 e. The highest BCUT2D eigenvalue weighted by Crippen LogP contribution is 2.44. The first-order chi connectivity index (χ1) is 10.1. The van der Waals surface area contributed by atoms with Crippen LogP contribution in [-0.2, 0) is 6.54 Å². The number of carboxylic acid groups (broad SMARTS) is 1. The molecule has 1 saturated heterocycles. The molecule has 1 aliphatic heterocycles. The number of furan rings is 1. The highest BCUT2D eigenvalue weighted by molar-refractivity contribution is 5.86. The van der Waals surface area contributed by atoms with Crippen LogP contribution in [0.5, 0.6) is 0 Å². The van der Waals surface area contributed by atoms with Gasteiger partial charge in [-0.1, -0.05) is 19.3 Å². The molecule has 0 aromatic carbocycles. The Kier molecular flexibility index (Phi) is 4.07. The molecule has 1 saturated carbocycles. The van der Waals surface area contributed by atoms with Crippen molar-refractivity contribution in [2.24, 2.45) is 5.41 Å². The van der Waals surface area contributed by atoms with Crippen molar-refractivity contribution >= 4 is 5.97 Å². The van der Waals surface area contributed by atoms with Crippen LogP contribution < -0.4 is 0 Å². The predicted octanol–water partition coefficient (Wildman–Crippen LogP) is 3.83. The second kappa shape index (κ2) is 5.84. The average molecular weight is 291 g/mol. The van der Waals surface area contributed by atoms with Gasteiger partial charge in [0.1, 0.15) is 5.76 Å². The van der Waals surface area contributed by atoms with Crippen LogP contribution in [0.4, 0.5) is 0 Å². The highest BCUT2D eigenvalue weighted by Gasteiger charge is 2.35. The van der Waals surface area contributed by atoms with Gasteiger partial charge in [-0.2, -0.15) is 0 Å². The van der Waals surface area contributed by atoms with E-state index >= 15 is 0 Å². The van der Waals surface area contributed by atoms with Crippen LogP contribution in [0.3, 0.4) is 0 Å². The van der Waals surface area contributed by atoms with Crippen molar-refractivity contribution in [2.75, 3.05) is 13.1 Å². The standard InChI is InChI=1S/C17H25NO3/c1-13-11-14(21-15(13)16(19)20)12-18-9-7-17(8-10-18)5-3-2-4-6-17/h11H,2-10,12H2,1H3,(H,19,20). The molecular weight excluding hydrogens is 266 g/mol. The fraction of sp³-hybridized carbons (Fsp3) is 0.706. The molecule has 21 heavy (non-hydrogen) atoms. The zero-order valence-corrected chi connectivity index (χ0v) is 12.9. The second-order valence-electron chi connectivity index (χ2n) is 6.87. The molecule has 4 nitrogen and oxygen atoms in total. The Balaban J connectivity index is 1.58. The quantitative estimate of drug-likeness (QED) is 0.919. The molecule has 1 aromatic heterocycles. The van der Waals surface area contributed by atoms with Crippen molar-refractivity contribution in [1.82, 2.24) is 4.90 Å². The van der Waals surface area contributed by atoms with Crippen molar-refractivity contribution in [3.05, 3.63) is 23.2 Å². The van der Waals surface area contributed by atoms with Crippen molar-refractivity contribution in [2.45, 2.75) is 58.4 Å². The van der Waals surface area contributed by atoms with E-state index in [1.165, 1.54) is 44.9 Å². The number of aryl methyl sites for hydroxylation is 1. The van der Waals surface area contributed by atoms with Crippen molar-refractivity contribution < 1.29 is 14.3 Å². The predicted molar refractivity (Wildman–Crippen MR) is 80.4 cm³/mol. The summed E-state index contributed by atoms with van der Waals surface area (Å²) in [6.45, 7) is 4.76. The monoisotopic (exact) mass is 291 g/mol. The summed E-state index contributed by atoms with van der Waals surface area (Å²) in [5, 5.41) is 9.04. The minimum atomic E-state index is -0.974. The third kappa shape index (κ3) is 3.15. The summed E-state index contributed by atoms with van der Waals surface area (Å²) in [4.78, 5) is 13.4. The molecule has 1 spiro atoms. The molecule has 4 heteroatoms. The molecule has 0 atom stereocenters. The van der Waals surface area contributed by atoms with Gasteiger partial charge < -0.3 is 9.52 Å². The number of hydrogen-bond acceptors (Lipinski definition) is 3. The lowest BCUT2D eigenvalue weighted by Gasteiger charge is -2.44. The van der Waals surface area contributed by atoms with E-state index < -0.39 is 5.97 Å². The van der Waals surface area contributed by atoms with E-state index in [0.717, 1.165) is 31.0 Å². The van der Waals surface area contributed by atoms with Crippen LogP contribution in [-0.4, -0.2) is 29.1 Å². The first-order valence-electron chi connectivity index (χ1n) is 8.13. The lowest BCUT2D eigenvalue weighted by atomic mass is 9.68. The average Bonchev–Trinajstić information content (AvgIpc) is 2.84. The number of likely N-dealkylation sites (tertiary alicyclic amines) is 1. The molecule has 1 aliphatic carbocycles. The van der Waals surface area contributed by atoms with Gasteiger partial charge in [-0.05, 0) is 57.2 Å². The lowest BCUT2D eigenvalue weighted by Crippen LogP contribution is -2.40. The van der Waals surface area contributed by atoms with E-state index in [1.807, 2.05) is 6.07 Å². The number of rotatable bonds is 3. The summed E-state index contributed by atoms with van der Waals surface area (Å²) in [6, 6.07) is 1.87. The third-order valence-electron chi connectivity index (χ3n) is 5.37. The van der Waals surface area contributed by atoms with Gasteiger partial charge in [-0.25, -0.2) is 4.79 Å². The first kappa shape index (κ1) is 14.6. The van der Waals surface area contributed by atoms with Gasteiger partial charge in [-0.3, -0.25) is 4.90 Å². The fourth-order valence-electron chi connectivity index (χ4n) is 4.05. The molecule has 2 fully saturated rings. The maximum Gasteiger partial charge on any atom is 0.372 e. The van der Waals surface area contributed by atoms with Crippen LogP contribution >= 0.6 is 0 Å². The Bertz CT molecular complexity index is 504. The van der Waals surface area contributed by atoms with E-state index in [4.69, 9.17) is 9.52 Å². The molecule has 2 heterocycles. The first-order valence-corrected chi connectivity index (χ1v) is 8.13. The number of aromatic carboxylic acids is 1. The van der Waals surface area contributed by atoms with E-state index in [0.29, 0.717) is 5.41 Å². The second-order valence-corrected chi connectivity index (χ2v) is 6.87. The van der Waals surface area contributed by atoms with Crippen LogP contribution in [0.2, 0.25) is 0 Å². The minimum absolute atomic E-state index is 0.0887. The molecule has 0 bridgehead atoms. The molecule has 3 rings (SSSR count). The summed E-state index contributed by atoms with van der Waals surface area (Å²) in [7, 11) is 0. The zero-order chi connectivity index (χ0) is 14.9. The minimum Gasteiger partial charge on any atom is -0.475 e. The summed E-state index contributed by atoms with van der Waals surface area (Å²) in [6.07, 6.45) is 9.61. The zero-order valence-electron chi connectivity index (χ0n) is 12.9. The number of carbonyl (C=O) groups is 1. The Morgan fingerprint density at radius 2 is 1.90 bits per heavy atom. The van der Waals surface area contributed by atoms with Crippen LogP contribution in [0.1, 0.15) is 66.8 Å². The van der Waals surface area contributed by atoms with Crippen LogP contribution in [0.15, 0.2) is 10.5 Å². The van der Waals surface area contributed by atoms with Crippen LogP contribution in [0.25, 0.3) is 0 Å². The van der Waals surface area contributed by atoms with Gasteiger partial charge in [0.2, 0.25) is 5.76 Å². The molecule has 116 valence electrons.